The van der Waals surface area contributed by atoms with Gasteiger partial charge in [-0.15, -0.1) is 0 Å². The van der Waals surface area contributed by atoms with Gasteiger partial charge in [-0.3, -0.25) is 10.4 Å². The highest BCUT2D eigenvalue weighted by molar-refractivity contribution is 6.30. The second-order valence-corrected chi connectivity index (χ2v) is 7.66. The van der Waals surface area contributed by atoms with E-state index in [2.05, 4.69) is 36.3 Å². The van der Waals surface area contributed by atoms with Crippen molar-refractivity contribution < 1.29 is 4.74 Å². The first-order valence-corrected chi connectivity index (χ1v) is 10.5. The second-order valence-electron chi connectivity index (χ2n) is 7.66. The smallest absolute Gasteiger partial charge is 0.130 e. The summed E-state index contributed by atoms with van der Waals surface area (Å²) in [4.78, 5) is 8.86. The number of aryl methyl sites for hydroxylation is 2. The van der Waals surface area contributed by atoms with Crippen LogP contribution in [0.25, 0.3) is 16.5 Å². The summed E-state index contributed by atoms with van der Waals surface area (Å²) in [5.41, 5.74) is 7.23. The minimum atomic E-state index is 0.397. The Morgan fingerprint density at radius 1 is 0.969 bits per heavy atom. The van der Waals surface area contributed by atoms with Crippen LogP contribution in [0.5, 0.6) is 5.75 Å². The van der Waals surface area contributed by atoms with Gasteiger partial charge < -0.3 is 10.1 Å². The van der Waals surface area contributed by atoms with E-state index in [1.807, 2.05) is 61.8 Å². The van der Waals surface area contributed by atoms with Crippen molar-refractivity contribution in [1.29, 1.82) is 5.41 Å². The highest BCUT2D eigenvalue weighted by atomic mass is 16.5. The average Bonchev–Trinajstić information content (AvgIpc) is 2.82. The number of pyridine rings is 2. The fourth-order valence-corrected chi connectivity index (χ4v) is 3.63. The van der Waals surface area contributed by atoms with Crippen molar-refractivity contribution in [3.8, 4) is 5.75 Å². The molecule has 5 heteroatoms. The molecule has 0 aliphatic rings. The lowest BCUT2D eigenvalue weighted by atomic mass is 9.97. The number of rotatable bonds is 7. The molecule has 0 aliphatic carbocycles. The zero-order valence-electron chi connectivity index (χ0n) is 18.5. The highest BCUT2D eigenvalue weighted by Gasteiger charge is 2.11. The van der Waals surface area contributed by atoms with Crippen LogP contribution in [0, 0.1) is 19.3 Å². The maximum absolute atomic E-state index is 8.68. The number of benzene rings is 2. The lowest BCUT2D eigenvalue weighted by molar-refractivity contribution is 0.301. The van der Waals surface area contributed by atoms with Crippen LogP contribution >= 0.6 is 0 Å². The molecule has 160 valence electrons. The SMILES string of the molecule is CN/C=C(\C(=N)c1ccc(OCc2nc3cccc(C)c3cc2C)cc1)c1ccncc1. The summed E-state index contributed by atoms with van der Waals surface area (Å²) in [5, 5.41) is 12.9. The van der Waals surface area contributed by atoms with Gasteiger partial charge in [0.1, 0.15) is 12.4 Å². The molecular formula is C27H26N4O. The predicted octanol–water partition coefficient (Wildman–Crippen LogP) is 5.45. The van der Waals surface area contributed by atoms with Gasteiger partial charge in [0, 0.05) is 42.2 Å². The summed E-state index contributed by atoms with van der Waals surface area (Å²) in [7, 11) is 1.83. The van der Waals surface area contributed by atoms with Crippen molar-refractivity contribution in [2.45, 2.75) is 20.5 Å². The number of hydrogen-bond acceptors (Lipinski definition) is 5. The fourth-order valence-electron chi connectivity index (χ4n) is 3.63. The Morgan fingerprint density at radius 3 is 2.44 bits per heavy atom. The second kappa shape index (κ2) is 9.43. The Kier molecular flexibility index (Phi) is 6.26. The van der Waals surface area contributed by atoms with Crippen molar-refractivity contribution >= 4 is 22.2 Å². The number of hydrogen-bond donors (Lipinski definition) is 2. The third kappa shape index (κ3) is 4.52. The van der Waals surface area contributed by atoms with Crippen LogP contribution in [0.2, 0.25) is 0 Å². The largest absolute Gasteiger partial charge is 0.487 e. The van der Waals surface area contributed by atoms with E-state index < -0.39 is 0 Å². The van der Waals surface area contributed by atoms with Crippen LogP contribution in [-0.2, 0) is 6.61 Å². The van der Waals surface area contributed by atoms with E-state index in [0.29, 0.717) is 12.3 Å². The van der Waals surface area contributed by atoms with Gasteiger partial charge in [0.05, 0.1) is 16.9 Å². The van der Waals surface area contributed by atoms with Crippen molar-refractivity contribution in [1.82, 2.24) is 15.3 Å². The summed E-state index contributed by atoms with van der Waals surface area (Å²) in [6.45, 7) is 4.57. The monoisotopic (exact) mass is 422 g/mol. The standard InChI is InChI=1S/C27H26N4O/c1-18-5-4-6-25-23(18)15-19(2)26(31-25)17-32-22-9-7-21(8-10-22)27(28)24(16-29-3)20-11-13-30-14-12-20/h4-16,28-29H,17H2,1-3H3/b24-16-,28-27?. The summed E-state index contributed by atoms with van der Waals surface area (Å²) in [6, 6.07) is 19.7. The van der Waals surface area contributed by atoms with Crippen LogP contribution in [0.1, 0.15) is 27.9 Å². The van der Waals surface area contributed by atoms with E-state index in [4.69, 9.17) is 15.1 Å². The number of aromatic nitrogens is 2. The molecule has 0 radical (unpaired) electrons. The van der Waals surface area contributed by atoms with E-state index in [1.54, 1.807) is 12.4 Å². The summed E-state index contributed by atoms with van der Waals surface area (Å²) in [6.07, 6.45) is 5.29. The van der Waals surface area contributed by atoms with Gasteiger partial charge in [-0.25, -0.2) is 4.98 Å². The third-order valence-corrected chi connectivity index (χ3v) is 5.44. The molecule has 4 rings (SSSR count). The Balaban J connectivity index is 1.49. The molecule has 2 heterocycles. The number of nitrogens with one attached hydrogen (secondary N) is 2. The van der Waals surface area contributed by atoms with E-state index in [0.717, 1.165) is 39.2 Å². The molecule has 2 aromatic carbocycles. The van der Waals surface area contributed by atoms with E-state index in [1.165, 1.54) is 10.9 Å². The van der Waals surface area contributed by atoms with Gasteiger partial charge in [-0.05, 0) is 79.1 Å². The molecule has 32 heavy (non-hydrogen) atoms. The van der Waals surface area contributed by atoms with Crippen LogP contribution in [0.3, 0.4) is 0 Å². The van der Waals surface area contributed by atoms with Crippen molar-refractivity contribution in [2.24, 2.45) is 0 Å². The number of allylic oxidation sites excluding steroid dienone is 1. The minimum Gasteiger partial charge on any atom is -0.487 e. The average molecular weight is 423 g/mol. The molecule has 4 aromatic rings. The van der Waals surface area contributed by atoms with Crippen molar-refractivity contribution in [3.05, 3.63) is 107 Å². The van der Waals surface area contributed by atoms with E-state index in [9.17, 15) is 0 Å². The molecule has 0 spiro atoms. The highest BCUT2D eigenvalue weighted by Crippen LogP contribution is 2.23. The van der Waals surface area contributed by atoms with Crippen molar-refractivity contribution in [2.75, 3.05) is 7.05 Å². The maximum Gasteiger partial charge on any atom is 0.130 e. The zero-order valence-corrected chi connectivity index (χ0v) is 18.5. The van der Waals surface area contributed by atoms with Gasteiger partial charge in [-0.1, -0.05) is 12.1 Å². The quantitative estimate of drug-likeness (QED) is 0.388. The lowest BCUT2D eigenvalue weighted by Gasteiger charge is -2.12. The van der Waals surface area contributed by atoms with Gasteiger partial charge in [0.15, 0.2) is 0 Å². The third-order valence-electron chi connectivity index (χ3n) is 5.44. The first-order valence-electron chi connectivity index (χ1n) is 10.5. The van der Waals surface area contributed by atoms with Gasteiger partial charge in [0.2, 0.25) is 0 Å². The number of nitrogens with zero attached hydrogens (tertiary/aromatic N) is 2. The molecule has 0 aliphatic heterocycles. The Morgan fingerprint density at radius 2 is 1.72 bits per heavy atom. The Hall–Kier alpha value is -3.99. The van der Waals surface area contributed by atoms with Gasteiger partial charge in [0.25, 0.3) is 0 Å². The first-order chi connectivity index (χ1) is 15.6. The minimum absolute atomic E-state index is 0.397. The molecule has 2 aromatic heterocycles. The van der Waals surface area contributed by atoms with Crippen LogP contribution in [0.4, 0.5) is 0 Å². The fraction of sp³-hybridized carbons (Fsp3) is 0.148. The predicted molar refractivity (Wildman–Crippen MR) is 130 cm³/mol. The lowest BCUT2D eigenvalue weighted by Crippen LogP contribution is -2.07. The maximum atomic E-state index is 8.68. The molecule has 0 bridgehead atoms. The summed E-state index contributed by atoms with van der Waals surface area (Å²) in [5.74, 6) is 0.746. The summed E-state index contributed by atoms with van der Waals surface area (Å²) >= 11 is 0. The molecule has 0 amide bonds. The molecule has 0 atom stereocenters. The molecule has 0 fully saturated rings. The summed E-state index contributed by atoms with van der Waals surface area (Å²) < 4.78 is 6.01. The normalized spacial score (nSPS) is 11.4. The number of fused-ring (bicyclic) bond motifs is 1. The Labute approximate surface area is 188 Å². The molecule has 0 saturated carbocycles. The number of ether oxygens (including phenoxy) is 1. The molecule has 0 saturated heterocycles. The topological polar surface area (TPSA) is 70.9 Å². The molecule has 5 nitrogen and oxygen atoms in total. The van der Waals surface area contributed by atoms with Crippen molar-refractivity contribution in [3.63, 3.8) is 0 Å². The van der Waals surface area contributed by atoms with Crippen LogP contribution in [-0.4, -0.2) is 22.7 Å². The zero-order chi connectivity index (χ0) is 22.5. The van der Waals surface area contributed by atoms with Gasteiger partial charge >= 0.3 is 0 Å². The molecule has 0 unspecified atom stereocenters. The van der Waals surface area contributed by atoms with E-state index in [-0.39, 0.29) is 0 Å². The van der Waals surface area contributed by atoms with Crippen LogP contribution < -0.4 is 10.1 Å². The first kappa shape index (κ1) is 21.2. The van der Waals surface area contributed by atoms with Crippen LogP contribution in [0.15, 0.2) is 79.3 Å². The van der Waals surface area contributed by atoms with Gasteiger partial charge in [-0.2, -0.15) is 0 Å². The molecule has 2 N–H and O–H groups in total. The Bertz CT molecular complexity index is 1280. The molecular weight excluding hydrogens is 396 g/mol. The van der Waals surface area contributed by atoms with E-state index >= 15 is 0 Å².